The van der Waals surface area contributed by atoms with Gasteiger partial charge in [0.2, 0.25) is 0 Å². The minimum absolute atomic E-state index is 0.528. The number of benzene rings is 1. The highest BCUT2D eigenvalue weighted by Crippen LogP contribution is 2.15. The molecule has 0 atom stereocenters. The first kappa shape index (κ1) is 20.1. The summed E-state index contributed by atoms with van der Waals surface area (Å²) in [5.74, 6) is 0. The summed E-state index contributed by atoms with van der Waals surface area (Å²) >= 11 is 0. The fourth-order valence-corrected chi connectivity index (χ4v) is 2.13. The van der Waals surface area contributed by atoms with Gasteiger partial charge in [-0.2, -0.15) is 0 Å². The van der Waals surface area contributed by atoms with Gasteiger partial charge in [-0.25, -0.2) is 0 Å². The molecule has 0 radical (unpaired) electrons. The van der Waals surface area contributed by atoms with Gasteiger partial charge in [0.25, 0.3) is 0 Å². The molecule has 1 aromatic rings. The SMILES string of the molecule is C=COCCOCCN(CCOCCOC=C)c1cccc(C)c1. The molecular weight excluding hydrogens is 306 g/mol. The van der Waals surface area contributed by atoms with Crippen LogP contribution in [0.4, 0.5) is 5.69 Å². The number of aryl methyl sites for hydroxylation is 1. The van der Waals surface area contributed by atoms with Crippen LogP contribution in [0.3, 0.4) is 0 Å². The molecule has 0 saturated heterocycles. The Kier molecular flexibility index (Phi) is 11.3. The van der Waals surface area contributed by atoms with E-state index in [1.807, 2.05) is 0 Å². The monoisotopic (exact) mass is 335 g/mol. The van der Waals surface area contributed by atoms with E-state index in [4.69, 9.17) is 18.9 Å². The molecule has 0 saturated carbocycles. The maximum Gasteiger partial charge on any atom is 0.111 e. The third kappa shape index (κ3) is 9.22. The van der Waals surface area contributed by atoms with Crippen LogP contribution in [0.25, 0.3) is 0 Å². The van der Waals surface area contributed by atoms with Gasteiger partial charge in [0.15, 0.2) is 0 Å². The van der Waals surface area contributed by atoms with Crippen molar-refractivity contribution in [3.8, 4) is 0 Å². The quantitative estimate of drug-likeness (QED) is 0.364. The van der Waals surface area contributed by atoms with Crippen molar-refractivity contribution in [3.05, 3.63) is 55.5 Å². The number of ether oxygens (including phenoxy) is 4. The van der Waals surface area contributed by atoms with Crippen LogP contribution in [0.1, 0.15) is 5.56 Å². The molecule has 0 aliphatic heterocycles. The molecule has 0 N–H and O–H groups in total. The van der Waals surface area contributed by atoms with Crippen LogP contribution in [0.2, 0.25) is 0 Å². The van der Waals surface area contributed by atoms with Crippen molar-refractivity contribution in [2.24, 2.45) is 0 Å². The second kappa shape index (κ2) is 13.5. The summed E-state index contributed by atoms with van der Waals surface area (Å²) in [6.07, 6.45) is 2.85. The number of anilines is 1. The lowest BCUT2D eigenvalue weighted by Gasteiger charge is -2.25. The van der Waals surface area contributed by atoms with Crippen molar-refractivity contribution in [2.75, 3.05) is 57.6 Å². The maximum atomic E-state index is 5.59. The molecule has 0 spiro atoms. The first-order valence-electron chi connectivity index (χ1n) is 8.20. The van der Waals surface area contributed by atoms with Crippen molar-refractivity contribution >= 4 is 5.69 Å². The molecule has 134 valence electrons. The predicted octanol–water partition coefficient (Wildman–Crippen LogP) is 3.15. The number of hydrogen-bond donors (Lipinski definition) is 0. The van der Waals surface area contributed by atoms with Gasteiger partial charge < -0.3 is 23.8 Å². The summed E-state index contributed by atoms with van der Waals surface area (Å²) in [5, 5.41) is 0. The van der Waals surface area contributed by atoms with Crippen LogP contribution in [-0.2, 0) is 18.9 Å². The van der Waals surface area contributed by atoms with Crippen LogP contribution >= 0.6 is 0 Å². The fraction of sp³-hybridized carbons (Fsp3) is 0.474. The summed E-state index contributed by atoms with van der Waals surface area (Å²) in [6, 6.07) is 8.43. The third-order valence-electron chi connectivity index (χ3n) is 3.30. The first-order valence-corrected chi connectivity index (χ1v) is 8.20. The van der Waals surface area contributed by atoms with Gasteiger partial charge in [-0.05, 0) is 24.6 Å². The number of hydrogen-bond acceptors (Lipinski definition) is 5. The predicted molar refractivity (Wildman–Crippen MR) is 97.3 cm³/mol. The van der Waals surface area contributed by atoms with E-state index in [-0.39, 0.29) is 0 Å². The maximum absolute atomic E-state index is 5.59. The topological polar surface area (TPSA) is 40.2 Å². The van der Waals surface area contributed by atoms with E-state index in [0.717, 1.165) is 13.1 Å². The minimum Gasteiger partial charge on any atom is -0.499 e. The second-order valence-electron chi connectivity index (χ2n) is 5.13. The van der Waals surface area contributed by atoms with Crippen molar-refractivity contribution in [3.63, 3.8) is 0 Å². The number of nitrogens with zero attached hydrogens (tertiary/aromatic N) is 1. The van der Waals surface area contributed by atoms with E-state index in [1.165, 1.54) is 23.8 Å². The Morgan fingerprint density at radius 1 is 0.875 bits per heavy atom. The van der Waals surface area contributed by atoms with Crippen LogP contribution in [0, 0.1) is 6.92 Å². The van der Waals surface area contributed by atoms with Crippen LogP contribution in [0.5, 0.6) is 0 Å². The Bertz CT molecular complexity index is 444. The molecule has 0 aliphatic carbocycles. The molecule has 0 aliphatic rings. The first-order chi connectivity index (χ1) is 11.8. The van der Waals surface area contributed by atoms with Crippen molar-refractivity contribution in [2.45, 2.75) is 6.92 Å². The Morgan fingerprint density at radius 2 is 1.46 bits per heavy atom. The molecule has 0 aromatic heterocycles. The van der Waals surface area contributed by atoms with E-state index in [1.54, 1.807) is 0 Å². The van der Waals surface area contributed by atoms with Gasteiger partial charge in [-0.15, -0.1) is 0 Å². The summed E-state index contributed by atoms with van der Waals surface area (Å²) in [5.41, 5.74) is 2.41. The average molecular weight is 335 g/mol. The summed E-state index contributed by atoms with van der Waals surface area (Å²) in [7, 11) is 0. The lowest BCUT2D eigenvalue weighted by atomic mass is 10.2. The Balaban J connectivity index is 2.38. The van der Waals surface area contributed by atoms with Crippen molar-refractivity contribution in [1.29, 1.82) is 0 Å². The molecule has 0 unspecified atom stereocenters. The van der Waals surface area contributed by atoms with Gasteiger partial charge in [-0.1, -0.05) is 25.3 Å². The summed E-state index contributed by atoms with van der Waals surface area (Å²) in [4.78, 5) is 2.26. The molecule has 1 aromatic carbocycles. The van der Waals surface area contributed by atoms with Gasteiger partial charge in [0, 0.05) is 18.8 Å². The Labute approximate surface area is 145 Å². The van der Waals surface area contributed by atoms with Gasteiger partial charge >= 0.3 is 0 Å². The van der Waals surface area contributed by atoms with Gasteiger partial charge in [-0.3, -0.25) is 0 Å². The Hall–Kier alpha value is -1.98. The Morgan fingerprint density at radius 3 is 1.96 bits per heavy atom. The second-order valence-corrected chi connectivity index (χ2v) is 5.13. The molecule has 24 heavy (non-hydrogen) atoms. The average Bonchev–Trinajstić information content (AvgIpc) is 2.59. The number of rotatable bonds is 15. The van der Waals surface area contributed by atoms with Crippen LogP contribution < -0.4 is 4.90 Å². The van der Waals surface area contributed by atoms with Crippen LogP contribution in [-0.4, -0.2) is 52.7 Å². The highest BCUT2D eigenvalue weighted by Gasteiger charge is 2.07. The highest BCUT2D eigenvalue weighted by molar-refractivity contribution is 5.48. The third-order valence-corrected chi connectivity index (χ3v) is 3.30. The van der Waals surface area contributed by atoms with Crippen molar-refractivity contribution in [1.82, 2.24) is 0 Å². The van der Waals surface area contributed by atoms with E-state index in [0.29, 0.717) is 39.6 Å². The smallest absolute Gasteiger partial charge is 0.111 e. The van der Waals surface area contributed by atoms with Gasteiger partial charge in [0.1, 0.15) is 13.2 Å². The van der Waals surface area contributed by atoms with E-state index >= 15 is 0 Å². The minimum atomic E-state index is 0.528. The highest BCUT2D eigenvalue weighted by atomic mass is 16.5. The van der Waals surface area contributed by atoms with E-state index in [9.17, 15) is 0 Å². The molecule has 0 fully saturated rings. The molecule has 1 rings (SSSR count). The summed E-state index contributed by atoms with van der Waals surface area (Å²) in [6.45, 7) is 14.1. The molecule has 0 heterocycles. The standard InChI is InChI=1S/C19H29NO4/c1-4-21-13-15-23-11-9-20(10-12-24-16-14-22-5-2)19-8-6-7-18(3)17-19/h4-8,17H,1-2,9-16H2,3H3. The molecule has 0 amide bonds. The normalized spacial score (nSPS) is 10.2. The zero-order chi connectivity index (χ0) is 17.5. The van der Waals surface area contributed by atoms with Crippen molar-refractivity contribution < 1.29 is 18.9 Å². The zero-order valence-corrected chi connectivity index (χ0v) is 14.6. The lowest BCUT2D eigenvalue weighted by molar-refractivity contribution is 0.0816. The largest absolute Gasteiger partial charge is 0.499 e. The lowest BCUT2D eigenvalue weighted by Crippen LogP contribution is -2.31. The fourth-order valence-electron chi connectivity index (χ4n) is 2.13. The molecular formula is C19H29NO4. The molecule has 5 nitrogen and oxygen atoms in total. The molecule has 0 bridgehead atoms. The molecule has 5 heteroatoms. The van der Waals surface area contributed by atoms with Crippen LogP contribution in [0.15, 0.2) is 49.9 Å². The van der Waals surface area contributed by atoms with E-state index in [2.05, 4.69) is 49.2 Å². The van der Waals surface area contributed by atoms with E-state index < -0.39 is 0 Å². The zero-order valence-electron chi connectivity index (χ0n) is 14.6. The van der Waals surface area contributed by atoms with Gasteiger partial charge in [0.05, 0.1) is 39.0 Å². The summed E-state index contributed by atoms with van der Waals surface area (Å²) < 4.78 is 21.3.